The van der Waals surface area contributed by atoms with Crippen LogP contribution in [0.3, 0.4) is 0 Å². The predicted octanol–water partition coefficient (Wildman–Crippen LogP) is 3.22. The van der Waals surface area contributed by atoms with Crippen LogP contribution in [0.1, 0.15) is 53.4 Å². The van der Waals surface area contributed by atoms with E-state index >= 15 is 0 Å². The minimum atomic E-state index is 0.404. The molecular formula is C13H29NO. The fourth-order valence-electron chi connectivity index (χ4n) is 1.42. The third-order valence-electron chi connectivity index (χ3n) is 2.43. The summed E-state index contributed by atoms with van der Waals surface area (Å²) in [6.45, 7) is 12.0. The molecule has 0 aliphatic carbocycles. The van der Waals surface area contributed by atoms with Crippen molar-refractivity contribution in [3.63, 3.8) is 0 Å². The number of unbranched alkanes of at least 4 members (excludes halogenated alkanes) is 2. The van der Waals surface area contributed by atoms with Crippen LogP contribution in [0, 0.1) is 5.92 Å². The first-order valence-electron chi connectivity index (χ1n) is 6.49. The quantitative estimate of drug-likeness (QED) is 0.565. The molecule has 2 heteroatoms. The Morgan fingerprint density at radius 1 is 1.13 bits per heavy atom. The lowest BCUT2D eigenvalue weighted by Crippen LogP contribution is -2.24. The van der Waals surface area contributed by atoms with Crippen LogP contribution >= 0.6 is 0 Å². The zero-order valence-electron chi connectivity index (χ0n) is 11.0. The van der Waals surface area contributed by atoms with Crippen LogP contribution in [-0.2, 0) is 4.74 Å². The van der Waals surface area contributed by atoms with Crippen molar-refractivity contribution in [3.8, 4) is 0 Å². The van der Waals surface area contributed by atoms with E-state index in [1.807, 2.05) is 0 Å². The summed E-state index contributed by atoms with van der Waals surface area (Å²) in [7, 11) is 0. The minimum absolute atomic E-state index is 0.404. The largest absolute Gasteiger partial charge is 0.378 e. The van der Waals surface area contributed by atoms with Crippen molar-refractivity contribution in [2.75, 3.05) is 19.7 Å². The molecule has 0 rings (SSSR count). The lowest BCUT2D eigenvalue weighted by atomic mass is 10.2. The highest BCUT2D eigenvalue weighted by molar-refractivity contribution is 4.56. The van der Waals surface area contributed by atoms with Crippen molar-refractivity contribution in [3.05, 3.63) is 0 Å². The highest BCUT2D eigenvalue weighted by atomic mass is 16.5. The molecule has 0 saturated carbocycles. The van der Waals surface area contributed by atoms with E-state index in [-0.39, 0.29) is 0 Å². The molecule has 1 unspecified atom stereocenters. The lowest BCUT2D eigenvalue weighted by Gasteiger charge is -2.14. The molecule has 0 amide bonds. The molecule has 92 valence electrons. The molecular weight excluding hydrogens is 186 g/mol. The fourth-order valence-corrected chi connectivity index (χ4v) is 1.42. The molecule has 15 heavy (non-hydrogen) atoms. The maximum atomic E-state index is 5.71. The molecule has 0 aromatic heterocycles. The third-order valence-corrected chi connectivity index (χ3v) is 2.43. The molecule has 0 aliphatic rings. The molecule has 0 saturated heterocycles. The second-order valence-corrected chi connectivity index (χ2v) is 4.78. The van der Waals surface area contributed by atoms with Gasteiger partial charge in [-0.1, -0.05) is 33.6 Å². The number of hydrogen-bond acceptors (Lipinski definition) is 2. The van der Waals surface area contributed by atoms with E-state index in [4.69, 9.17) is 4.74 Å². The summed E-state index contributed by atoms with van der Waals surface area (Å²) < 4.78 is 5.71. The minimum Gasteiger partial charge on any atom is -0.378 e. The summed E-state index contributed by atoms with van der Waals surface area (Å²) in [5, 5.41) is 3.44. The van der Waals surface area contributed by atoms with Crippen molar-refractivity contribution in [1.29, 1.82) is 0 Å². The predicted molar refractivity (Wildman–Crippen MR) is 67.3 cm³/mol. The second kappa shape index (κ2) is 10.4. The van der Waals surface area contributed by atoms with E-state index in [1.54, 1.807) is 0 Å². The Balaban J connectivity index is 3.15. The Hall–Kier alpha value is -0.0800. The number of rotatable bonds is 10. The summed E-state index contributed by atoms with van der Waals surface area (Å²) >= 11 is 0. The summed E-state index contributed by atoms with van der Waals surface area (Å²) in [6.07, 6.45) is 5.30. The topological polar surface area (TPSA) is 21.3 Å². The molecule has 0 aromatic rings. The average molecular weight is 215 g/mol. The van der Waals surface area contributed by atoms with Gasteiger partial charge in [0.25, 0.3) is 0 Å². The van der Waals surface area contributed by atoms with Crippen molar-refractivity contribution in [2.24, 2.45) is 5.92 Å². The highest BCUT2D eigenvalue weighted by Crippen LogP contribution is 2.00. The maximum absolute atomic E-state index is 5.71. The SMILES string of the molecule is CCCCCOC(C)CCNCC(C)C. The van der Waals surface area contributed by atoms with E-state index in [0.29, 0.717) is 6.10 Å². The lowest BCUT2D eigenvalue weighted by molar-refractivity contribution is 0.0578. The molecule has 2 nitrogen and oxygen atoms in total. The number of ether oxygens (including phenoxy) is 1. The summed E-state index contributed by atoms with van der Waals surface area (Å²) in [4.78, 5) is 0. The molecule has 0 heterocycles. The van der Waals surface area contributed by atoms with Crippen LogP contribution < -0.4 is 5.32 Å². The van der Waals surface area contributed by atoms with Crippen LogP contribution in [0.5, 0.6) is 0 Å². The van der Waals surface area contributed by atoms with Gasteiger partial charge in [-0.3, -0.25) is 0 Å². The van der Waals surface area contributed by atoms with E-state index in [1.165, 1.54) is 19.3 Å². The first-order chi connectivity index (χ1) is 7.16. The Kier molecular flexibility index (Phi) is 10.4. The van der Waals surface area contributed by atoms with Crippen molar-refractivity contribution < 1.29 is 4.74 Å². The maximum Gasteiger partial charge on any atom is 0.0559 e. The Labute approximate surface area is 95.8 Å². The fraction of sp³-hybridized carbons (Fsp3) is 1.00. The van der Waals surface area contributed by atoms with Gasteiger partial charge in [0.1, 0.15) is 0 Å². The third kappa shape index (κ3) is 11.8. The Morgan fingerprint density at radius 2 is 1.87 bits per heavy atom. The van der Waals surface area contributed by atoms with Gasteiger partial charge in [-0.05, 0) is 38.8 Å². The molecule has 0 fully saturated rings. The number of nitrogens with one attached hydrogen (secondary N) is 1. The molecule has 0 aliphatic heterocycles. The van der Waals surface area contributed by atoms with E-state index in [2.05, 4.69) is 33.0 Å². The monoisotopic (exact) mass is 215 g/mol. The van der Waals surface area contributed by atoms with Gasteiger partial charge in [-0.15, -0.1) is 0 Å². The molecule has 0 radical (unpaired) electrons. The van der Waals surface area contributed by atoms with Gasteiger partial charge < -0.3 is 10.1 Å². The standard InChI is InChI=1S/C13H29NO/c1-5-6-7-10-15-13(4)8-9-14-11-12(2)3/h12-14H,5-11H2,1-4H3. The molecule has 0 spiro atoms. The normalized spacial score (nSPS) is 13.4. The van der Waals surface area contributed by atoms with Gasteiger partial charge in [-0.25, -0.2) is 0 Å². The summed E-state index contributed by atoms with van der Waals surface area (Å²) in [5.41, 5.74) is 0. The van der Waals surface area contributed by atoms with Gasteiger partial charge in [0, 0.05) is 6.61 Å². The zero-order valence-corrected chi connectivity index (χ0v) is 11.0. The van der Waals surface area contributed by atoms with E-state index in [9.17, 15) is 0 Å². The highest BCUT2D eigenvalue weighted by Gasteiger charge is 2.01. The van der Waals surface area contributed by atoms with E-state index in [0.717, 1.165) is 32.0 Å². The van der Waals surface area contributed by atoms with Crippen LogP contribution in [-0.4, -0.2) is 25.8 Å². The van der Waals surface area contributed by atoms with Gasteiger partial charge in [0.15, 0.2) is 0 Å². The van der Waals surface area contributed by atoms with Crippen molar-refractivity contribution >= 4 is 0 Å². The molecule has 1 atom stereocenters. The molecule has 0 bridgehead atoms. The number of hydrogen-bond donors (Lipinski definition) is 1. The van der Waals surface area contributed by atoms with Crippen LogP contribution in [0.2, 0.25) is 0 Å². The first-order valence-corrected chi connectivity index (χ1v) is 6.49. The average Bonchev–Trinajstić information content (AvgIpc) is 2.19. The van der Waals surface area contributed by atoms with Gasteiger partial charge >= 0.3 is 0 Å². The van der Waals surface area contributed by atoms with Crippen LogP contribution in [0.4, 0.5) is 0 Å². The first kappa shape index (κ1) is 14.9. The van der Waals surface area contributed by atoms with Gasteiger partial charge in [-0.2, -0.15) is 0 Å². The Morgan fingerprint density at radius 3 is 2.47 bits per heavy atom. The van der Waals surface area contributed by atoms with Gasteiger partial charge in [0.2, 0.25) is 0 Å². The van der Waals surface area contributed by atoms with E-state index < -0.39 is 0 Å². The molecule has 0 aromatic carbocycles. The summed E-state index contributed by atoms with van der Waals surface area (Å²) in [6, 6.07) is 0. The smallest absolute Gasteiger partial charge is 0.0559 e. The van der Waals surface area contributed by atoms with Crippen LogP contribution in [0.15, 0.2) is 0 Å². The zero-order chi connectivity index (χ0) is 11.5. The van der Waals surface area contributed by atoms with Crippen molar-refractivity contribution in [2.45, 2.75) is 59.5 Å². The molecule has 1 N–H and O–H groups in total. The van der Waals surface area contributed by atoms with Crippen molar-refractivity contribution in [1.82, 2.24) is 5.32 Å². The summed E-state index contributed by atoms with van der Waals surface area (Å²) in [5.74, 6) is 0.741. The van der Waals surface area contributed by atoms with Gasteiger partial charge in [0.05, 0.1) is 6.10 Å². The van der Waals surface area contributed by atoms with Crippen LogP contribution in [0.25, 0.3) is 0 Å². The second-order valence-electron chi connectivity index (χ2n) is 4.78. The Bertz CT molecular complexity index is 126.